The van der Waals surface area contributed by atoms with E-state index in [1.807, 2.05) is 5.32 Å². The Hall–Kier alpha value is -1.03. The van der Waals surface area contributed by atoms with E-state index < -0.39 is 6.09 Å². The van der Waals surface area contributed by atoms with Crippen molar-refractivity contribution < 1.29 is 15.0 Å². The Morgan fingerprint density at radius 1 is 0.950 bits per heavy atom. The Labute approximate surface area is 124 Å². The molecule has 1 amide bonds. The number of aliphatic hydroxyl groups is 1. The second kappa shape index (κ2) is 20.3. The van der Waals surface area contributed by atoms with Gasteiger partial charge in [0.25, 0.3) is 0 Å². The van der Waals surface area contributed by atoms with Gasteiger partial charge in [-0.15, -0.1) is 0 Å². The third-order valence-corrected chi connectivity index (χ3v) is 2.88. The summed E-state index contributed by atoms with van der Waals surface area (Å²) in [6, 6.07) is 0. The van der Waals surface area contributed by atoms with Crippen molar-refractivity contribution in [2.45, 2.75) is 71.1 Å². The minimum absolute atomic E-state index is 0.361. The van der Waals surface area contributed by atoms with E-state index in [1.165, 1.54) is 64.8 Å². The van der Waals surface area contributed by atoms with Crippen molar-refractivity contribution in [3.05, 3.63) is 12.2 Å². The van der Waals surface area contributed by atoms with Crippen molar-refractivity contribution in [2.24, 2.45) is 0 Å². The van der Waals surface area contributed by atoms with Crippen molar-refractivity contribution in [2.75, 3.05) is 13.7 Å². The van der Waals surface area contributed by atoms with E-state index in [4.69, 9.17) is 10.2 Å². The number of carbonyl (C=O) groups is 1. The summed E-state index contributed by atoms with van der Waals surface area (Å²) in [4.78, 5) is 9.26. The molecule has 20 heavy (non-hydrogen) atoms. The van der Waals surface area contributed by atoms with Gasteiger partial charge in [-0.1, -0.05) is 57.6 Å². The van der Waals surface area contributed by atoms with Gasteiger partial charge in [0.2, 0.25) is 0 Å². The summed E-state index contributed by atoms with van der Waals surface area (Å²) in [7, 11) is 1.35. The number of rotatable bonds is 11. The SMILES string of the molecule is CCCCC=CCCCCCCCCO.CNC(=O)O. The molecule has 0 aromatic carbocycles. The van der Waals surface area contributed by atoms with E-state index in [-0.39, 0.29) is 0 Å². The number of hydrogen-bond acceptors (Lipinski definition) is 2. The van der Waals surface area contributed by atoms with Gasteiger partial charge in [0.1, 0.15) is 0 Å². The summed E-state index contributed by atoms with van der Waals surface area (Å²) >= 11 is 0. The lowest BCUT2D eigenvalue weighted by molar-refractivity contribution is 0.197. The van der Waals surface area contributed by atoms with E-state index in [9.17, 15) is 4.79 Å². The monoisotopic (exact) mass is 287 g/mol. The second-order valence-electron chi connectivity index (χ2n) is 4.80. The quantitative estimate of drug-likeness (QED) is 0.391. The molecule has 0 radical (unpaired) electrons. The first-order valence-electron chi connectivity index (χ1n) is 7.85. The third kappa shape index (κ3) is 25.7. The smallest absolute Gasteiger partial charge is 0.404 e. The summed E-state index contributed by atoms with van der Waals surface area (Å²) in [6.07, 6.45) is 16.3. The van der Waals surface area contributed by atoms with Crippen molar-refractivity contribution in [3.8, 4) is 0 Å². The highest BCUT2D eigenvalue weighted by molar-refractivity contribution is 5.63. The maximum Gasteiger partial charge on any atom is 0.404 e. The molecule has 0 aliphatic heterocycles. The lowest BCUT2D eigenvalue weighted by Crippen LogP contribution is -2.13. The van der Waals surface area contributed by atoms with E-state index in [1.54, 1.807) is 0 Å². The molecule has 0 heterocycles. The Kier molecular flexibility index (Phi) is 21.6. The molecule has 0 rings (SSSR count). The highest BCUT2D eigenvalue weighted by Crippen LogP contribution is 2.07. The number of nitrogens with one attached hydrogen (secondary N) is 1. The lowest BCUT2D eigenvalue weighted by atomic mass is 10.1. The molecule has 0 saturated carbocycles. The second-order valence-corrected chi connectivity index (χ2v) is 4.80. The summed E-state index contributed by atoms with van der Waals surface area (Å²) in [5, 5.41) is 18.2. The Bertz CT molecular complexity index is 218. The van der Waals surface area contributed by atoms with Crippen LogP contribution in [-0.4, -0.2) is 30.0 Å². The van der Waals surface area contributed by atoms with E-state index >= 15 is 0 Å². The summed E-state index contributed by atoms with van der Waals surface area (Å²) < 4.78 is 0. The largest absolute Gasteiger partial charge is 0.465 e. The fourth-order valence-electron chi connectivity index (χ4n) is 1.64. The zero-order valence-corrected chi connectivity index (χ0v) is 13.2. The van der Waals surface area contributed by atoms with Crippen LogP contribution in [0.1, 0.15) is 71.1 Å². The van der Waals surface area contributed by atoms with Crippen molar-refractivity contribution in [1.82, 2.24) is 5.32 Å². The van der Waals surface area contributed by atoms with Crippen LogP contribution in [0.5, 0.6) is 0 Å². The maximum absolute atomic E-state index is 9.26. The molecule has 0 fully saturated rings. The predicted octanol–water partition coefficient (Wildman–Crippen LogP) is 4.34. The molecular weight excluding hydrogens is 254 g/mol. The number of carboxylic acid groups (broad SMARTS) is 1. The molecule has 0 unspecified atom stereocenters. The average molecular weight is 287 g/mol. The van der Waals surface area contributed by atoms with Crippen LogP contribution in [0.3, 0.4) is 0 Å². The zero-order valence-electron chi connectivity index (χ0n) is 13.2. The molecule has 0 aliphatic rings. The first-order valence-corrected chi connectivity index (χ1v) is 7.85. The molecule has 0 saturated heterocycles. The van der Waals surface area contributed by atoms with Crippen LogP contribution < -0.4 is 5.32 Å². The average Bonchev–Trinajstić information content (AvgIpc) is 2.45. The Morgan fingerprint density at radius 2 is 1.40 bits per heavy atom. The fourth-order valence-corrected chi connectivity index (χ4v) is 1.64. The summed E-state index contributed by atoms with van der Waals surface area (Å²) in [5.41, 5.74) is 0. The van der Waals surface area contributed by atoms with Crippen LogP contribution >= 0.6 is 0 Å². The lowest BCUT2D eigenvalue weighted by Gasteiger charge is -1.98. The topological polar surface area (TPSA) is 69.6 Å². The highest BCUT2D eigenvalue weighted by atomic mass is 16.4. The first kappa shape index (κ1) is 21.3. The van der Waals surface area contributed by atoms with Gasteiger partial charge < -0.3 is 15.5 Å². The minimum atomic E-state index is -0.995. The minimum Gasteiger partial charge on any atom is -0.465 e. The third-order valence-electron chi connectivity index (χ3n) is 2.88. The molecule has 0 atom stereocenters. The number of allylic oxidation sites excluding steroid dienone is 2. The molecule has 4 heteroatoms. The molecule has 3 N–H and O–H groups in total. The zero-order chi connectivity index (χ0) is 15.5. The molecule has 4 nitrogen and oxygen atoms in total. The maximum atomic E-state index is 9.26. The van der Waals surface area contributed by atoms with E-state index in [0.717, 1.165) is 6.42 Å². The normalized spacial score (nSPS) is 10.2. The molecule has 0 aromatic heterocycles. The van der Waals surface area contributed by atoms with Gasteiger partial charge in [-0.2, -0.15) is 0 Å². The van der Waals surface area contributed by atoms with Gasteiger partial charge in [0.15, 0.2) is 0 Å². The molecule has 0 aromatic rings. The van der Waals surface area contributed by atoms with Gasteiger partial charge in [-0.05, 0) is 25.7 Å². The molecule has 0 bridgehead atoms. The van der Waals surface area contributed by atoms with Crippen LogP contribution in [0.2, 0.25) is 0 Å². The van der Waals surface area contributed by atoms with Crippen molar-refractivity contribution in [3.63, 3.8) is 0 Å². The Balaban J connectivity index is 0. The fraction of sp³-hybridized carbons (Fsp3) is 0.812. The first-order chi connectivity index (χ1) is 9.68. The van der Waals surface area contributed by atoms with Gasteiger partial charge in [-0.25, -0.2) is 4.79 Å². The van der Waals surface area contributed by atoms with E-state index in [2.05, 4.69) is 19.1 Å². The van der Waals surface area contributed by atoms with Crippen molar-refractivity contribution in [1.29, 1.82) is 0 Å². The van der Waals surface area contributed by atoms with Crippen LogP contribution in [0, 0.1) is 0 Å². The molecule has 0 aliphatic carbocycles. The van der Waals surface area contributed by atoms with Gasteiger partial charge in [0, 0.05) is 13.7 Å². The van der Waals surface area contributed by atoms with Crippen LogP contribution in [0.4, 0.5) is 4.79 Å². The number of amides is 1. The molecule has 0 spiro atoms. The van der Waals surface area contributed by atoms with E-state index in [0.29, 0.717) is 6.61 Å². The van der Waals surface area contributed by atoms with Crippen LogP contribution in [-0.2, 0) is 0 Å². The van der Waals surface area contributed by atoms with Crippen molar-refractivity contribution >= 4 is 6.09 Å². The Morgan fingerprint density at radius 3 is 1.85 bits per heavy atom. The molecule has 120 valence electrons. The standard InChI is InChI=1S/C14H28O.C2H5NO2/c1-2-3-4-5-6-7-8-9-10-11-12-13-14-15;1-3-2(4)5/h5-6,15H,2-4,7-14H2,1H3;3H,1H3,(H,4,5). The number of hydrogen-bond donors (Lipinski definition) is 3. The predicted molar refractivity (Wildman–Crippen MR) is 85.2 cm³/mol. The molecular formula is C16H33NO3. The number of aliphatic hydroxyl groups excluding tert-OH is 1. The summed E-state index contributed by atoms with van der Waals surface area (Å²) in [5.74, 6) is 0. The van der Waals surface area contributed by atoms with Gasteiger partial charge in [-0.3, -0.25) is 0 Å². The van der Waals surface area contributed by atoms with Gasteiger partial charge >= 0.3 is 6.09 Å². The van der Waals surface area contributed by atoms with Gasteiger partial charge in [0.05, 0.1) is 0 Å². The van der Waals surface area contributed by atoms with Crippen LogP contribution in [0.15, 0.2) is 12.2 Å². The highest BCUT2D eigenvalue weighted by Gasteiger charge is 1.89. The number of unbranched alkanes of at least 4 members (excludes halogenated alkanes) is 8. The van der Waals surface area contributed by atoms with Crippen LogP contribution in [0.25, 0.3) is 0 Å². The summed E-state index contributed by atoms with van der Waals surface area (Å²) in [6.45, 7) is 2.60.